The first-order chi connectivity index (χ1) is 9.65. The molecule has 1 heterocycles. The number of halogens is 3. The van der Waals surface area contributed by atoms with Crippen molar-refractivity contribution in [2.75, 3.05) is 18.5 Å². The Morgan fingerprint density at radius 1 is 1.05 bits per heavy atom. The molecule has 0 amide bonds. The summed E-state index contributed by atoms with van der Waals surface area (Å²) >= 11 is 0. The molecule has 1 unspecified atom stereocenters. The van der Waals surface area contributed by atoms with Gasteiger partial charge in [-0.3, -0.25) is 0 Å². The highest BCUT2D eigenvalue weighted by Crippen LogP contribution is 2.33. The van der Waals surface area contributed by atoms with Crippen molar-refractivity contribution in [1.82, 2.24) is 0 Å². The van der Waals surface area contributed by atoms with Gasteiger partial charge in [0.15, 0.2) is 11.6 Å². The molecule has 0 bridgehead atoms. The van der Waals surface area contributed by atoms with Crippen LogP contribution in [-0.2, 0) is 0 Å². The predicted molar refractivity (Wildman–Crippen MR) is 69.5 cm³/mol. The molecule has 104 valence electrons. The minimum Gasteiger partial charge on any atom is -0.493 e. The molecule has 0 saturated heterocycles. The number of anilines is 1. The molecule has 0 fully saturated rings. The lowest BCUT2D eigenvalue weighted by Gasteiger charge is -2.12. The van der Waals surface area contributed by atoms with Gasteiger partial charge < -0.3 is 10.1 Å². The third-order valence-electron chi connectivity index (χ3n) is 3.35. The van der Waals surface area contributed by atoms with E-state index in [4.69, 9.17) is 4.74 Å². The van der Waals surface area contributed by atoms with Crippen molar-refractivity contribution < 1.29 is 17.9 Å². The summed E-state index contributed by atoms with van der Waals surface area (Å²) in [5, 5.41) is 2.80. The first kappa shape index (κ1) is 12.8. The summed E-state index contributed by atoms with van der Waals surface area (Å²) in [6.07, 6.45) is 0. The third kappa shape index (κ3) is 2.31. The summed E-state index contributed by atoms with van der Waals surface area (Å²) in [5.74, 6) is -2.21. The van der Waals surface area contributed by atoms with Crippen molar-refractivity contribution >= 4 is 5.69 Å². The Morgan fingerprint density at radius 2 is 1.80 bits per heavy atom. The van der Waals surface area contributed by atoms with Gasteiger partial charge in [0, 0.05) is 30.2 Å². The topological polar surface area (TPSA) is 21.3 Å². The van der Waals surface area contributed by atoms with E-state index < -0.39 is 17.5 Å². The fourth-order valence-corrected chi connectivity index (χ4v) is 2.29. The third-order valence-corrected chi connectivity index (χ3v) is 3.35. The molecule has 2 nitrogen and oxygen atoms in total. The zero-order valence-electron chi connectivity index (χ0n) is 10.5. The Morgan fingerprint density at radius 3 is 2.65 bits per heavy atom. The summed E-state index contributed by atoms with van der Waals surface area (Å²) in [7, 11) is 0. The van der Waals surface area contributed by atoms with E-state index in [2.05, 4.69) is 5.32 Å². The van der Waals surface area contributed by atoms with Gasteiger partial charge in [0.1, 0.15) is 11.6 Å². The van der Waals surface area contributed by atoms with E-state index in [1.807, 2.05) is 24.3 Å². The molecule has 5 heteroatoms. The number of fused-ring (bicyclic) bond motifs is 1. The van der Waals surface area contributed by atoms with Gasteiger partial charge in [-0.2, -0.15) is 0 Å². The fraction of sp³-hybridized carbons (Fsp3) is 0.200. The van der Waals surface area contributed by atoms with Crippen LogP contribution in [0.15, 0.2) is 36.4 Å². The maximum Gasteiger partial charge on any atom is 0.161 e. The van der Waals surface area contributed by atoms with E-state index in [9.17, 15) is 13.2 Å². The highest BCUT2D eigenvalue weighted by atomic mass is 19.2. The van der Waals surface area contributed by atoms with Crippen molar-refractivity contribution in [1.29, 1.82) is 0 Å². The van der Waals surface area contributed by atoms with Crippen LogP contribution in [0.25, 0.3) is 0 Å². The normalized spacial score (nSPS) is 16.6. The Bertz CT molecular complexity index is 645. The molecule has 1 aliphatic rings. The standard InChI is InChI=1S/C15H12F3NO/c16-11-5-13(18)14(6-12(11)17)19-7-9-8-20-15-4-2-1-3-10(9)15/h1-6,9,19H,7-8H2. The summed E-state index contributed by atoms with van der Waals surface area (Å²) in [6, 6.07) is 8.95. The minimum atomic E-state index is -1.19. The van der Waals surface area contributed by atoms with Crippen molar-refractivity contribution in [3.63, 3.8) is 0 Å². The maximum absolute atomic E-state index is 13.5. The molecular weight excluding hydrogens is 267 g/mol. The lowest BCUT2D eigenvalue weighted by Crippen LogP contribution is -2.15. The zero-order valence-corrected chi connectivity index (χ0v) is 10.5. The van der Waals surface area contributed by atoms with Crippen molar-refractivity contribution in [2.45, 2.75) is 5.92 Å². The van der Waals surface area contributed by atoms with Gasteiger partial charge in [-0.25, -0.2) is 13.2 Å². The van der Waals surface area contributed by atoms with Gasteiger partial charge in [0.05, 0.1) is 12.3 Å². The number of benzene rings is 2. The van der Waals surface area contributed by atoms with E-state index >= 15 is 0 Å². The van der Waals surface area contributed by atoms with Crippen molar-refractivity contribution in [3.8, 4) is 5.75 Å². The van der Waals surface area contributed by atoms with Gasteiger partial charge in [-0.05, 0) is 6.07 Å². The first-order valence-electron chi connectivity index (χ1n) is 6.25. The highest BCUT2D eigenvalue weighted by molar-refractivity contribution is 5.47. The molecular formula is C15H12F3NO. The van der Waals surface area contributed by atoms with E-state index in [1.165, 1.54) is 0 Å². The Labute approximate surface area is 114 Å². The lowest BCUT2D eigenvalue weighted by atomic mass is 10.0. The van der Waals surface area contributed by atoms with Crippen molar-refractivity contribution in [2.24, 2.45) is 0 Å². The highest BCUT2D eigenvalue weighted by Gasteiger charge is 2.23. The number of hydrogen-bond donors (Lipinski definition) is 1. The Kier molecular flexibility index (Phi) is 3.26. The van der Waals surface area contributed by atoms with E-state index in [0.717, 1.165) is 17.4 Å². The molecule has 2 aromatic carbocycles. The second-order valence-electron chi connectivity index (χ2n) is 4.67. The molecule has 1 N–H and O–H groups in total. The van der Waals surface area contributed by atoms with Crippen LogP contribution in [0, 0.1) is 17.5 Å². The van der Waals surface area contributed by atoms with Crippen LogP contribution >= 0.6 is 0 Å². The lowest BCUT2D eigenvalue weighted by molar-refractivity contribution is 0.334. The number of para-hydroxylation sites is 1. The number of rotatable bonds is 3. The first-order valence-corrected chi connectivity index (χ1v) is 6.25. The van der Waals surface area contributed by atoms with Crippen LogP contribution in [0.5, 0.6) is 5.75 Å². The molecule has 3 rings (SSSR count). The van der Waals surface area contributed by atoms with Crippen LogP contribution < -0.4 is 10.1 Å². The summed E-state index contributed by atoms with van der Waals surface area (Å²) in [4.78, 5) is 0. The average molecular weight is 279 g/mol. The molecule has 0 aromatic heterocycles. The molecule has 2 aromatic rings. The SMILES string of the molecule is Fc1cc(F)c(NCC2COc3ccccc32)cc1F. The fourth-order valence-electron chi connectivity index (χ4n) is 2.29. The summed E-state index contributed by atoms with van der Waals surface area (Å²) < 4.78 is 44.9. The summed E-state index contributed by atoms with van der Waals surface area (Å²) in [5.41, 5.74) is 0.983. The van der Waals surface area contributed by atoms with Gasteiger partial charge in [-0.15, -0.1) is 0 Å². The molecule has 0 aliphatic carbocycles. The van der Waals surface area contributed by atoms with Crippen LogP contribution in [0.4, 0.5) is 18.9 Å². The molecule has 0 saturated carbocycles. The van der Waals surface area contributed by atoms with Crippen molar-refractivity contribution in [3.05, 3.63) is 59.4 Å². The number of nitrogens with one attached hydrogen (secondary N) is 1. The number of ether oxygens (including phenoxy) is 1. The minimum absolute atomic E-state index is 0.0479. The monoisotopic (exact) mass is 279 g/mol. The van der Waals surface area contributed by atoms with Gasteiger partial charge in [-0.1, -0.05) is 18.2 Å². The molecule has 1 atom stereocenters. The van der Waals surface area contributed by atoms with E-state index in [0.29, 0.717) is 19.2 Å². The Balaban J connectivity index is 1.74. The zero-order chi connectivity index (χ0) is 14.1. The van der Waals surface area contributed by atoms with E-state index in [-0.39, 0.29) is 11.6 Å². The largest absolute Gasteiger partial charge is 0.493 e. The second kappa shape index (κ2) is 5.07. The molecule has 1 aliphatic heterocycles. The van der Waals surface area contributed by atoms with Gasteiger partial charge >= 0.3 is 0 Å². The average Bonchev–Trinajstić information content (AvgIpc) is 2.85. The second-order valence-corrected chi connectivity index (χ2v) is 4.67. The Hall–Kier alpha value is -2.17. The molecule has 20 heavy (non-hydrogen) atoms. The van der Waals surface area contributed by atoms with Gasteiger partial charge in [0.2, 0.25) is 0 Å². The quantitative estimate of drug-likeness (QED) is 0.865. The van der Waals surface area contributed by atoms with Crippen LogP contribution in [0.3, 0.4) is 0 Å². The molecule has 0 radical (unpaired) electrons. The molecule has 0 spiro atoms. The maximum atomic E-state index is 13.5. The summed E-state index contributed by atoms with van der Waals surface area (Å²) in [6.45, 7) is 0.872. The number of hydrogen-bond acceptors (Lipinski definition) is 2. The van der Waals surface area contributed by atoms with Crippen LogP contribution in [-0.4, -0.2) is 13.2 Å². The van der Waals surface area contributed by atoms with Crippen LogP contribution in [0.1, 0.15) is 11.5 Å². The predicted octanol–water partition coefficient (Wildman–Crippen LogP) is 3.69. The van der Waals surface area contributed by atoms with Crippen LogP contribution in [0.2, 0.25) is 0 Å². The van der Waals surface area contributed by atoms with E-state index in [1.54, 1.807) is 0 Å². The smallest absolute Gasteiger partial charge is 0.161 e. The van der Waals surface area contributed by atoms with Gasteiger partial charge in [0.25, 0.3) is 0 Å².